The van der Waals surface area contributed by atoms with E-state index in [1.54, 1.807) is 24.3 Å². The lowest BCUT2D eigenvalue weighted by molar-refractivity contribution is -0.138. The van der Waals surface area contributed by atoms with E-state index in [1.165, 1.54) is 7.05 Å². The Labute approximate surface area is 110 Å². The van der Waals surface area contributed by atoms with Crippen LogP contribution in [0.3, 0.4) is 0 Å². The lowest BCUT2D eigenvalue weighted by atomic mass is 10.1. The number of carbonyl (C=O) groups is 3. The molecule has 3 N–H and O–H groups in total. The third-order valence-electron chi connectivity index (χ3n) is 3.14. The fourth-order valence-electron chi connectivity index (χ4n) is 1.94. The van der Waals surface area contributed by atoms with Crippen LogP contribution in [0.1, 0.15) is 18.0 Å². The predicted molar refractivity (Wildman–Crippen MR) is 67.7 cm³/mol. The van der Waals surface area contributed by atoms with E-state index < -0.39 is 23.9 Å². The molecule has 1 heterocycles. The lowest BCUT2D eigenvalue weighted by Gasteiger charge is -2.15. The minimum absolute atomic E-state index is 0.0113. The largest absolute Gasteiger partial charge is 0.342 e. The van der Waals surface area contributed by atoms with Crippen molar-refractivity contribution >= 4 is 17.7 Å². The molecule has 19 heavy (non-hydrogen) atoms. The van der Waals surface area contributed by atoms with Gasteiger partial charge < -0.3 is 11.1 Å². The van der Waals surface area contributed by atoms with Crippen LogP contribution < -0.4 is 11.1 Å². The fourth-order valence-corrected chi connectivity index (χ4v) is 1.94. The van der Waals surface area contributed by atoms with Gasteiger partial charge in [0.2, 0.25) is 11.8 Å². The molecule has 100 valence electrons. The van der Waals surface area contributed by atoms with E-state index >= 15 is 0 Å². The number of benzene rings is 1. The van der Waals surface area contributed by atoms with E-state index in [-0.39, 0.29) is 12.3 Å². The molecule has 3 amide bonds. The number of hydrogen-bond donors (Lipinski definition) is 2. The van der Waals surface area contributed by atoms with Crippen LogP contribution in [-0.2, 0) is 14.4 Å². The molecule has 6 nitrogen and oxygen atoms in total. The van der Waals surface area contributed by atoms with E-state index in [2.05, 4.69) is 5.32 Å². The third-order valence-corrected chi connectivity index (χ3v) is 3.14. The van der Waals surface area contributed by atoms with Gasteiger partial charge in [-0.1, -0.05) is 30.3 Å². The summed E-state index contributed by atoms with van der Waals surface area (Å²) in [7, 11) is 1.40. The van der Waals surface area contributed by atoms with Crippen LogP contribution in [0, 0.1) is 0 Å². The Bertz CT molecular complexity index is 515. The molecule has 0 aliphatic carbocycles. The first-order chi connectivity index (χ1) is 9.00. The van der Waals surface area contributed by atoms with Crippen molar-refractivity contribution in [3.05, 3.63) is 35.9 Å². The molecule has 1 fully saturated rings. The first-order valence-corrected chi connectivity index (χ1v) is 5.92. The van der Waals surface area contributed by atoms with Gasteiger partial charge in [0.25, 0.3) is 5.91 Å². The monoisotopic (exact) mass is 261 g/mol. The second-order valence-electron chi connectivity index (χ2n) is 4.44. The van der Waals surface area contributed by atoms with Gasteiger partial charge in [-0.3, -0.25) is 19.3 Å². The van der Waals surface area contributed by atoms with E-state index in [1.807, 2.05) is 6.07 Å². The van der Waals surface area contributed by atoms with Crippen molar-refractivity contribution in [1.29, 1.82) is 0 Å². The number of likely N-dealkylation sites (N-methyl/N-ethyl adjacent to an activating group) is 1. The SMILES string of the molecule is CN1C(=O)CC(NC(=O)[C@@H](N)c2ccccc2)C1=O. The number of nitrogens with zero attached hydrogens (tertiary/aromatic N) is 1. The number of carbonyl (C=O) groups excluding carboxylic acids is 3. The maximum Gasteiger partial charge on any atom is 0.252 e. The van der Waals surface area contributed by atoms with Crippen molar-refractivity contribution < 1.29 is 14.4 Å². The minimum Gasteiger partial charge on any atom is -0.342 e. The summed E-state index contributed by atoms with van der Waals surface area (Å²) in [6, 6.07) is 7.19. The molecule has 2 rings (SSSR count). The molecular weight excluding hydrogens is 246 g/mol. The van der Waals surface area contributed by atoms with Gasteiger partial charge in [0.05, 0.1) is 6.42 Å². The first kappa shape index (κ1) is 13.2. The molecule has 2 atom stereocenters. The Balaban J connectivity index is 2.02. The van der Waals surface area contributed by atoms with Gasteiger partial charge in [0.15, 0.2) is 0 Å². The average molecular weight is 261 g/mol. The summed E-state index contributed by atoms with van der Waals surface area (Å²) in [4.78, 5) is 36.0. The third kappa shape index (κ3) is 2.63. The molecule has 1 aromatic rings. The molecule has 6 heteroatoms. The first-order valence-electron chi connectivity index (χ1n) is 5.92. The zero-order chi connectivity index (χ0) is 14.0. The second-order valence-corrected chi connectivity index (χ2v) is 4.44. The molecule has 0 spiro atoms. The maximum absolute atomic E-state index is 11.9. The van der Waals surface area contributed by atoms with Crippen molar-refractivity contribution in [3.8, 4) is 0 Å². The molecular formula is C13H15N3O3. The van der Waals surface area contributed by atoms with Crippen molar-refractivity contribution in [1.82, 2.24) is 10.2 Å². The van der Waals surface area contributed by atoms with Crippen molar-refractivity contribution in [2.45, 2.75) is 18.5 Å². The zero-order valence-electron chi connectivity index (χ0n) is 10.5. The normalized spacial score (nSPS) is 20.5. The molecule has 1 unspecified atom stereocenters. The molecule has 0 radical (unpaired) electrons. The number of likely N-dealkylation sites (tertiary alicyclic amines) is 1. The summed E-state index contributed by atoms with van der Waals surface area (Å²) < 4.78 is 0. The maximum atomic E-state index is 11.9. The van der Waals surface area contributed by atoms with Crippen LogP contribution in [0.25, 0.3) is 0 Å². The molecule has 1 saturated heterocycles. The Morgan fingerprint density at radius 1 is 1.37 bits per heavy atom. The number of imide groups is 1. The summed E-state index contributed by atoms with van der Waals surface area (Å²) in [6.45, 7) is 0. The second kappa shape index (κ2) is 5.19. The molecule has 1 aliphatic rings. The standard InChI is InChI=1S/C13H15N3O3/c1-16-10(17)7-9(13(16)19)15-12(18)11(14)8-5-3-2-4-6-8/h2-6,9,11H,7,14H2,1H3,(H,15,18)/t9?,11-/m0/s1. The number of amides is 3. The van der Waals surface area contributed by atoms with Crippen LogP contribution in [0.2, 0.25) is 0 Å². The van der Waals surface area contributed by atoms with Gasteiger partial charge in [-0.25, -0.2) is 0 Å². The summed E-state index contributed by atoms with van der Waals surface area (Å²) in [6.07, 6.45) is -0.0113. The van der Waals surface area contributed by atoms with Gasteiger partial charge in [0.1, 0.15) is 12.1 Å². The van der Waals surface area contributed by atoms with Crippen molar-refractivity contribution in [2.24, 2.45) is 5.73 Å². The van der Waals surface area contributed by atoms with E-state index in [4.69, 9.17) is 5.73 Å². The number of nitrogens with one attached hydrogen (secondary N) is 1. The van der Waals surface area contributed by atoms with Gasteiger partial charge in [-0.15, -0.1) is 0 Å². The quantitative estimate of drug-likeness (QED) is 0.721. The number of nitrogens with two attached hydrogens (primary N) is 1. The lowest BCUT2D eigenvalue weighted by Crippen LogP contribution is -2.44. The summed E-state index contributed by atoms with van der Waals surface area (Å²) in [5.74, 6) is -1.17. The highest BCUT2D eigenvalue weighted by Gasteiger charge is 2.37. The van der Waals surface area contributed by atoms with Crippen molar-refractivity contribution in [3.63, 3.8) is 0 Å². The van der Waals surface area contributed by atoms with Gasteiger partial charge in [0, 0.05) is 7.05 Å². The number of hydrogen-bond acceptors (Lipinski definition) is 4. The molecule has 0 saturated carbocycles. The van der Waals surface area contributed by atoms with Crippen LogP contribution in [-0.4, -0.2) is 35.7 Å². The average Bonchev–Trinajstić information content (AvgIpc) is 2.66. The fraction of sp³-hybridized carbons (Fsp3) is 0.308. The summed E-state index contributed by atoms with van der Waals surface area (Å²) in [5.41, 5.74) is 6.47. The molecule has 0 bridgehead atoms. The van der Waals surface area contributed by atoms with Gasteiger partial charge in [-0.05, 0) is 5.56 Å². The highest BCUT2D eigenvalue weighted by atomic mass is 16.2. The number of rotatable bonds is 3. The van der Waals surface area contributed by atoms with Crippen LogP contribution in [0.5, 0.6) is 0 Å². The van der Waals surface area contributed by atoms with Crippen LogP contribution in [0.4, 0.5) is 0 Å². The Morgan fingerprint density at radius 2 is 2.00 bits per heavy atom. The topological polar surface area (TPSA) is 92.5 Å². The minimum atomic E-state index is -0.852. The van der Waals surface area contributed by atoms with Crippen LogP contribution >= 0.6 is 0 Å². The highest BCUT2D eigenvalue weighted by molar-refractivity contribution is 6.06. The summed E-state index contributed by atoms with van der Waals surface area (Å²) in [5, 5.41) is 2.51. The molecule has 1 aromatic carbocycles. The highest BCUT2D eigenvalue weighted by Crippen LogP contribution is 2.14. The molecule has 0 aromatic heterocycles. The Kier molecular flexibility index (Phi) is 3.62. The molecule has 1 aliphatic heterocycles. The Hall–Kier alpha value is -2.21. The van der Waals surface area contributed by atoms with E-state index in [0.717, 1.165) is 4.90 Å². The Morgan fingerprint density at radius 3 is 2.53 bits per heavy atom. The van der Waals surface area contributed by atoms with Crippen molar-refractivity contribution in [2.75, 3.05) is 7.05 Å². The van der Waals surface area contributed by atoms with E-state index in [9.17, 15) is 14.4 Å². The smallest absolute Gasteiger partial charge is 0.252 e. The van der Waals surface area contributed by atoms with Crippen LogP contribution in [0.15, 0.2) is 30.3 Å². The zero-order valence-corrected chi connectivity index (χ0v) is 10.5. The van der Waals surface area contributed by atoms with E-state index in [0.29, 0.717) is 5.56 Å². The van der Waals surface area contributed by atoms with Gasteiger partial charge in [-0.2, -0.15) is 0 Å². The van der Waals surface area contributed by atoms with Gasteiger partial charge >= 0.3 is 0 Å². The summed E-state index contributed by atoms with van der Waals surface area (Å²) >= 11 is 0. The predicted octanol–water partition coefficient (Wildman–Crippen LogP) is -0.440.